The Morgan fingerprint density at radius 1 is 1.04 bits per heavy atom. The van der Waals surface area contributed by atoms with Gasteiger partial charge in [0.05, 0.1) is 12.6 Å². The standard InChI is InChI=1S/C21H30N4.HI/c1-5-22-21(24-17(2)20-12-7-6-8-13-20)23-15-18-10-9-11-19(14-18)16-25(3)4;/h6-14,17H,5,15-16H2,1-4H3,(H2,22,23,24);1H. The van der Waals surface area contributed by atoms with Gasteiger partial charge in [0.25, 0.3) is 0 Å². The van der Waals surface area contributed by atoms with Crippen LogP contribution in [0.4, 0.5) is 0 Å². The molecule has 142 valence electrons. The van der Waals surface area contributed by atoms with E-state index in [-0.39, 0.29) is 30.0 Å². The van der Waals surface area contributed by atoms with Gasteiger partial charge < -0.3 is 15.5 Å². The lowest BCUT2D eigenvalue weighted by Crippen LogP contribution is -2.38. The van der Waals surface area contributed by atoms with Crippen LogP contribution in [-0.4, -0.2) is 31.5 Å². The van der Waals surface area contributed by atoms with E-state index >= 15 is 0 Å². The minimum atomic E-state index is 0. The monoisotopic (exact) mass is 466 g/mol. The van der Waals surface area contributed by atoms with E-state index in [0.29, 0.717) is 6.54 Å². The molecule has 2 rings (SSSR count). The third-order valence-corrected chi connectivity index (χ3v) is 3.91. The smallest absolute Gasteiger partial charge is 0.192 e. The molecule has 0 saturated heterocycles. The molecule has 2 aromatic rings. The van der Waals surface area contributed by atoms with Gasteiger partial charge in [-0.05, 0) is 44.6 Å². The molecule has 0 amide bonds. The van der Waals surface area contributed by atoms with E-state index in [2.05, 4.69) is 92.0 Å². The van der Waals surface area contributed by atoms with Crippen molar-refractivity contribution in [1.29, 1.82) is 0 Å². The number of aliphatic imine (C=N–C) groups is 1. The van der Waals surface area contributed by atoms with E-state index < -0.39 is 0 Å². The molecule has 1 atom stereocenters. The number of halogens is 1. The Bertz CT molecular complexity index is 671. The number of benzene rings is 2. The Hall–Kier alpha value is -1.60. The van der Waals surface area contributed by atoms with E-state index in [0.717, 1.165) is 19.0 Å². The SMILES string of the molecule is CCNC(=NCc1cccc(CN(C)C)c1)NC(C)c1ccccc1.I. The van der Waals surface area contributed by atoms with E-state index in [1.165, 1.54) is 16.7 Å². The van der Waals surface area contributed by atoms with Crippen molar-refractivity contribution in [2.75, 3.05) is 20.6 Å². The van der Waals surface area contributed by atoms with Gasteiger partial charge >= 0.3 is 0 Å². The maximum absolute atomic E-state index is 4.75. The maximum atomic E-state index is 4.75. The lowest BCUT2D eigenvalue weighted by atomic mass is 10.1. The van der Waals surface area contributed by atoms with Gasteiger partial charge in [0.2, 0.25) is 0 Å². The number of guanidine groups is 1. The zero-order valence-electron chi connectivity index (χ0n) is 16.2. The lowest BCUT2D eigenvalue weighted by Gasteiger charge is -2.18. The largest absolute Gasteiger partial charge is 0.357 e. The number of hydrogen-bond acceptors (Lipinski definition) is 2. The fourth-order valence-corrected chi connectivity index (χ4v) is 2.71. The summed E-state index contributed by atoms with van der Waals surface area (Å²) in [6, 6.07) is 19.3. The van der Waals surface area contributed by atoms with Crippen molar-refractivity contribution < 1.29 is 0 Å². The van der Waals surface area contributed by atoms with Gasteiger partial charge in [0.15, 0.2) is 5.96 Å². The molecular weight excluding hydrogens is 435 g/mol. The summed E-state index contributed by atoms with van der Waals surface area (Å²) in [5.41, 5.74) is 3.79. The Labute approximate surface area is 175 Å². The van der Waals surface area contributed by atoms with Gasteiger partial charge in [-0.15, -0.1) is 24.0 Å². The highest BCUT2D eigenvalue weighted by Gasteiger charge is 2.07. The van der Waals surface area contributed by atoms with Gasteiger partial charge in [-0.3, -0.25) is 0 Å². The highest BCUT2D eigenvalue weighted by molar-refractivity contribution is 14.0. The van der Waals surface area contributed by atoms with Crippen molar-refractivity contribution in [2.45, 2.75) is 33.0 Å². The Morgan fingerprint density at radius 3 is 2.38 bits per heavy atom. The van der Waals surface area contributed by atoms with Crippen LogP contribution in [0.3, 0.4) is 0 Å². The average molecular weight is 466 g/mol. The third-order valence-electron chi connectivity index (χ3n) is 3.91. The van der Waals surface area contributed by atoms with Crippen molar-refractivity contribution >= 4 is 29.9 Å². The molecule has 0 aliphatic carbocycles. The Kier molecular flexibility index (Phi) is 10.3. The highest BCUT2D eigenvalue weighted by Crippen LogP contribution is 2.11. The predicted octanol–water partition coefficient (Wildman–Crippen LogP) is 4.18. The molecule has 1 unspecified atom stereocenters. The Morgan fingerprint density at radius 2 is 1.73 bits per heavy atom. The molecule has 0 fully saturated rings. The molecule has 5 heteroatoms. The molecule has 0 aliphatic rings. The van der Waals surface area contributed by atoms with Crippen molar-refractivity contribution in [3.05, 3.63) is 71.3 Å². The van der Waals surface area contributed by atoms with Crippen LogP contribution >= 0.6 is 24.0 Å². The van der Waals surface area contributed by atoms with Gasteiger partial charge in [0, 0.05) is 13.1 Å². The van der Waals surface area contributed by atoms with Crippen LogP contribution in [0.25, 0.3) is 0 Å². The zero-order valence-corrected chi connectivity index (χ0v) is 18.5. The van der Waals surface area contributed by atoms with Crippen molar-refractivity contribution in [1.82, 2.24) is 15.5 Å². The fraction of sp³-hybridized carbons (Fsp3) is 0.381. The molecule has 2 aromatic carbocycles. The van der Waals surface area contributed by atoms with Crippen LogP contribution < -0.4 is 10.6 Å². The molecule has 0 saturated carbocycles. The minimum absolute atomic E-state index is 0. The average Bonchev–Trinajstić information content (AvgIpc) is 2.60. The number of nitrogens with one attached hydrogen (secondary N) is 2. The van der Waals surface area contributed by atoms with E-state index in [1.54, 1.807) is 0 Å². The van der Waals surface area contributed by atoms with Crippen molar-refractivity contribution in [3.63, 3.8) is 0 Å². The van der Waals surface area contributed by atoms with Crippen LogP contribution in [0.5, 0.6) is 0 Å². The second-order valence-electron chi connectivity index (χ2n) is 6.53. The first kappa shape index (κ1) is 22.4. The number of hydrogen-bond donors (Lipinski definition) is 2. The minimum Gasteiger partial charge on any atom is -0.357 e. The Balaban J connectivity index is 0.00000338. The van der Waals surface area contributed by atoms with Crippen molar-refractivity contribution in [2.24, 2.45) is 4.99 Å². The lowest BCUT2D eigenvalue weighted by molar-refractivity contribution is 0.402. The topological polar surface area (TPSA) is 39.7 Å². The molecule has 0 aromatic heterocycles. The van der Waals surface area contributed by atoms with E-state index in [1.807, 2.05) is 6.07 Å². The fourth-order valence-electron chi connectivity index (χ4n) is 2.71. The first-order chi connectivity index (χ1) is 12.1. The van der Waals surface area contributed by atoms with Crippen LogP contribution in [0.15, 0.2) is 59.6 Å². The summed E-state index contributed by atoms with van der Waals surface area (Å²) in [5, 5.41) is 6.81. The van der Waals surface area contributed by atoms with Crippen LogP contribution in [0.1, 0.15) is 36.6 Å². The van der Waals surface area contributed by atoms with Crippen LogP contribution in [-0.2, 0) is 13.1 Å². The van der Waals surface area contributed by atoms with Crippen molar-refractivity contribution in [3.8, 4) is 0 Å². The molecule has 0 bridgehead atoms. The normalized spacial score (nSPS) is 12.4. The maximum Gasteiger partial charge on any atom is 0.192 e. The highest BCUT2D eigenvalue weighted by atomic mass is 127. The first-order valence-corrected chi connectivity index (χ1v) is 8.91. The summed E-state index contributed by atoms with van der Waals surface area (Å²) in [5.74, 6) is 0.844. The second-order valence-corrected chi connectivity index (χ2v) is 6.53. The summed E-state index contributed by atoms with van der Waals surface area (Å²) in [6.45, 7) is 6.69. The van der Waals surface area contributed by atoms with Gasteiger partial charge in [0.1, 0.15) is 0 Å². The molecule has 4 nitrogen and oxygen atoms in total. The number of rotatable bonds is 7. The molecule has 2 N–H and O–H groups in total. The molecule has 0 aliphatic heterocycles. The predicted molar refractivity (Wildman–Crippen MR) is 122 cm³/mol. The van der Waals surface area contributed by atoms with Crippen LogP contribution in [0, 0.1) is 0 Å². The molecule has 0 heterocycles. The summed E-state index contributed by atoms with van der Waals surface area (Å²) in [4.78, 5) is 6.93. The molecular formula is C21H31IN4. The second kappa shape index (κ2) is 11.9. The molecule has 0 radical (unpaired) electrons. The zero-order chi connectivity index (χ0) is 18.1. The quantitative estimate of drug-likeness (QED) is 0.366. The molecule has 0 spiro atoms. The van der Waals surface area contributed by atoms with Crippen LogP contribution in [0.2, 0.25) is 0 Å². The van der Waals surface area contributed by atoms with Gasteiger partial charge in [-0.1, -0.05) is 54.6 Å². The van der Waals surface area contributed by atoms with E-state index in [9.17, 15) is 0 Å². The van der Waals surface area contributed by atoms with Gasteiger partial charge in [-0.2, -0.15) is 0 Å². The first-order valence-electron chi connectivity index (χ1n) is 8.91. The molecule has 26 heavy (non-hydrogen) atoms. The third kappa shape index (κ3) is 7.74. The summed E-state index contributed by atoms with van der Waals surface area (Å²) >= 11 is 0. The number of nitrogens with zero attached hydrogens (tertiary/aromatic N) is 2. The van der Waals surface area contributed by atoms with Gasteiger partial charge in [-0.25, -0.2) is 4.99 Å². The summed E-state index contributed by atoms with van der Waals surface area (Å²) in [6.07, 6.45) is 0. The van der Waals surface area contributed by atoms with E-state index in [4.69, 9.17) is 4.99 Å². The summed E-state index contributed by atoms with van der Waals surface area (Å²) < 4.78 is 0. The summed E-state index contributed by atoms with van der Waals surface area (Å²) in [7, 11) is 4.17.